The number of carbonyl (C=O) groups is 1. The van der Waals surface area contributed by atoms with E-state index >= 15 is 0 Å². The molecule has 3 N–H and O–H groups in total. The van der Waals surface area contributed by atoms with E-state index in [1.165, 1.54) is 19.4 Å². The number of nitrogens with one attached hydrogen (secondary N) is 1. The number of ether oxygens (including phenoxy) is 1. The van der Waals surface area contributed by atoms with Crippen LogP contribution in [0.3, 0.4) is 0 Å². The van der Waals surface area contributed by atoms with Gasteiger partial charge in [-0.1, -0.05) is 6.42 Å². The van der Waals surface area contributed by atoms with Crippen LogP contribution < -0.4 is 11.3 Å². The topological polar surface area (TPSA) is 67.6 Å². The average molecular weight is 257 g/mol. The van der Waals surface area contributed by atoms with Crippen molar-refractivity contribution in [3.8, 4) is 0 Å². The lowest BCUT2D eigenvalue weighted by molar-refractivity contribution is -0.121. The Balaban J connectivity index is 2.02. The zero-order valence-corrected chi connectivity index (χ0v) is 11.5. The molecule has 1 saturated heterocycles. The molecule has 1 amide bonds. The van der Waals surface area contributed by atoms with E-state index in [0.29, 0.717) is 12.5 Å². The fraction of sp³-hybridized carbons (Fsp3) is 0.923. The Labute approximate surface area is 110 Å². The zero-order valence-electron chi connectivity index (χ0n) is 11.5. The lowest BCUT2D eigenvalue weighted by Gasteiger charge is -2.32. The van der Waals surface area contributed by atoms with Crippen LogP contribution in [0.4, 0.5) is 0 Å². The molecule has 0 aliphatic carbocycles. The fourth-order valence-corrected chi connectivity index (χ4v) is 2.46. The lowest BCUT2D eigenvalue weighted by Crippen LogP contribution is -2.40. The summed E-state index contributed by atoms with van der Waals surface area (Å²) in [5.74, 6) is 4.96. The number of unbranched alkanes of at least 4 members (excludes halogenated alkanes) is 2. The molecule has 0 spiro atoms. The quantitative estimate of drug-likeness (QED) is 0.295. The van der Waals surface area contributed by atoms with Crippen LogP contribution in [-0.4, -0.2) is 43.2 Å². The number of nitrogens with two attached hydrogens (primary N) is 1. The number of piperidine rings is 1. The van der Waals surface area contributed by atoms with Crippen LogP contribution in [0.5, 0.6) is 0 Å². The monoisotopic (exact) mass is 257 g/mol. The van der Waals surface area contributed by atoms with Gasteiger partial charge >= 0.3 is 0 Å². The molecule has 1 atom stereocenters. The van der Waals surface area contributed by atoms with Crippen molar-refractivity contribution in [3.05, 3.63) is 0 Å². The maximum atomic E-state index is 10.9. The van der Waals surface area contributed by atoms with Crippen molar-refractivity contribution in [2.45, 2.75) is 51.6 Å². The highest BCUT2D eigenvalue weighted by Crippen LogP contribution is 2.14. The summed E-state index contributed by atoms with van der Waals surface area (Å²) in [6.07, 6.45) is 6.55. The summed E-state index contributed by atoms with van der Waals surface area (Å²) in [5.41, 5.74) is 2.16. The minimum Gasteiger partial charge on any atom is -0.377 e. The van der Waals surface area contributed by atoms with Crippen LogP contribution >= 0.6 is 0 Å². The number of hydrazine groups is 1. The number of amides is 1. The van der Waals surface area contributed by atoms with Gasteiger partial charge in [0.2, 0.25) is 5.91 Å². The molecule has 0 aromatic rings. The van der Waals surface area contributed by atoms with Crippen LogP contribution in [0.1, 0.15) is 45.4 Å². The molecule has 0 saturated carbocycles. The van der Waals surface area contributed by atoms with Crippen molar-refractivity contribution in [2.75, 3.05) is 26.2 Å². The third-order valence-electron chi connectivity index (χ3n) is 3.40. The van der Waals surface area contributed by atoms with E-state index in [9.17, 15) is 4.79 Å². The molecule has 1 fully saturated rings. The van der Waals surface area contributed by atoms with Crippen molar-refractivity contribution in [2.24, 2.45) is 5.84 Å². The third kappa shape index (κ3) is 6.33. The van der Waals surface area contributed by atoms with Gasteiger partial charge in [-0.15, -0.1) is 0 Å². The molecule has 1 aliphatic rings. The summed E-state index contributed by atoms with van der Waals surface area (Å²) in [6.45, 7) is 6.24. The number of hydrogen-bond acceptors (Lipinski definition) is 4. The van der Waals surface area contributed by atoms with Crippen molar-refractivity contribution in [3.63, 3.8) is 0 Å². The highest BCUT2D eigenvalue weighted by Gasteiger charge is 2.19. The molecule has 0 radical (unpaired) electrons. The van der Waals surface area contributed by atoms with Gasteiger partial charge in [-0.25, -0.2) is 5.84 Å². The van der Waals surface area contributed by atoms with Gasteiger partial charge in [0.05, 0.1) is 6.10 Å². The van der Waals surface area contributed by atoms with Crippen molar-refractivity contribution in [1.82, 2.24) is 10.3 Å². The SMILES string of the molecule is CCOC1CCCN(CCCCCC(=O)NN)C1. The number of likely N-dealkylation sites (tertiary alicyclic amines) is 1. The van der Waals surface area contributed by atoms with Crippen LogP contribution in [0, 0.1) is 0 Å². The summed E-state index contributed by atoms with van der Waals surface area (Å²) < 4.78 is 5.68. The van der Waals surface area contributed by atoms with Gasteiger partial charge in [0.15, 0.2) is 0 Å². The third-order valence-corrected chi connectivity index (χ3v) is 3.40. The molecule has 106 valence electrons. The summed E-state index contributed by atoms with van der Waals surface area (Å²) in [4.78, 5) is 13.4. The molecule has 0 aromatic carbocycles. The molecule has 5 heteroatoms. The molecular weight excluding hydrogens is 230 g/mol. The first kappa shape index (κ1) is 15.4. The van der Waals surface area contributed by atoms with E-state index in [1.807, 2.05) is 0 Å². The highest BCUT2D eigenvalue weighted by atomic mass is 16.5. The van der Waals surface area contributed by atoms with Crippen molar-refractivity contribution in [1.29, 1.82) is 0 Å². The second-order valence-corrected chi connectivity index (χ2v) is 4.90. The van der Waals surface area contributed by atoms with Crippen LogP contribution in [-0.2, 0) is 9.53 Å². The summed E-state index contributed by atoms with van der Waals surface area (Å²) >= 11 is 0. The maximum absolute atomic E-state index is 10.9. The van der Waals surface area contributed by atoms with Gasteiger partial charge in [0.25, 0.3) is 0 Å². The number of carbonyl (C=O) groups excluding carboxylic acids is 1. The minimum absolute atomic E-state index is 0.0654. The molecular formula is C13H27N3O2. The van der Waals surface area contributed by atoms with Crippen molar-refractivity contribution >= 4 is 5.91 Å². The largest absolute Gasteiger partial charge is 0.377 e. The minimum atomic E-state index is -0.0654. The molecule has 1 aliphatic heterocycles. The van der Waals surface area contributed by atoms with Gasteiger partial charge in [0.1, 0.15) is 0 Å². The summed E-state index contributed by atoms with van der Waals surface area (Å²) in [6, 6.07) is 0. The Morgan fingerprint density at radius 1 is 1.44 bits per heavy atom. The fourth-order valence-electron chi connectivity index (χ4n) is 2.46. The standard InChI is InChI=1S/C13H27N3O2/c1-2-18-12-7-6-10-16(11-12)9-5-3-4-8-13(17)15-14/h12H,2-11,14H2,1H3,(H,15,17). The zero-order chi connectivity index (χ0) is 13.2. The van der Waals surface area contributed by atoms with Crippen molar-refractivity contribution < 1.29 is 9.53 Å². The second-order valence-electron chi connectivity index (χ2n) is 4.90. The van der Waals surface area contributed by atoms with E-state index in [1.54, 1.807) is 0 Å². The Hall–Kier alpha value is -0.650. The Morgan fingerprint density at radius 2 is 2.28 bits per heavy atom. The van der Waals surface area contributed by atoms with Gasteiger partial charge in [-0.2, -0.15) is 0 Å². The molecule has 1 unspecified atom stereocenters. The normalized spacial score (nSPS) is 20.9. The predicted molar refractivity (Wildman–Crippen MR) is 71.9 cm³/mol. The first-order chi connectivity index (χ1) is 8.76. The molecule has 18 heavy (non-hydrogen) atoms. The van der Waals surface area contributed by atoms with Gasteiger partial charge < -0.3 is 9.64 Å². The average Bonchev–Trinajstić information content (AvgIpc) is 2.39. The number of hydrogen-bond donors (Lipinski definition) is 2. The molecule has 0 bridgehead atoms. The molecule has 1 rings (SSSR count). The first-order valence-electron chi connectivity index (χ1n) is 7.09. The molecule has 1 heterocycles. The second kappa shape index (κ2) is 9.30. The number of rotatable bonds is 8. The summed E-state index contributed by atoms with van der Waals surface area (Å²) in [5, 5.41) is 0. The lowest BCUT2D eigenvalue weighted by atomic mass is 10.1. The van der Waals surface area contributed by atoms with E-state index in [2.05, 4.69) is 17.2 Å². The maximum Gasteiger partial charge on any atom is 0.233 e. The molecule has 0 aromatic heterocycles. The first-order valence-corrected chi connectivity index (χ1v) is 7.09. The highest BCUT2D eigenvalue weighted by molar-refractivity contribution is 5.74. The van der Waals surface area contributed by atoms with Crippen LogP contribution in [0.25, 0.3) is 0 Å². The number of nitrogens with zero attached hydrogens (tertiary/aromatic N) is 1. The predicted octanol–water partition coefficient (Wildman–Crippen LogP) is 1.04. The van der Waals surface area contributed by atoms with E-state index < -0.39 is 0 Å². The van der Waals surface area contributed by atoms with Gasteiger partial charge in [0, 0.05) is 19.6 Å². The Bertz CT molecular complexity index is 234. The smallest absolute Gasteiger partial charge is 0.233 e. The van der Waals surface area contributed by atoms with Crippen LogP contribution in [0.2, 0.25) is 0 Å². The summed E-state index contributed by atoms with van der Waals surface area (Å²) in [7, 11) is 0. The molecule has 5 nitrogen and oxygen atoms in total. The van der Waals surface area contributed by atoms with Gasteiger partial charge in [-0.05, 0) is 45.7 Å². The van der Waals surface area contributed by atoms with E-state index in [4.69, 9.17) is 10.6 Å². The Kier molecular flexibility index (Phi) is 7.96. The van der Waals surface area contributed by atoms with Gasteiger partial charge in [-0.3, -0.25) is 10.2 Å². The Morgan fingerprint density at radius 3 is 3.00 bits per heavy atom. The van der Waals surface area contributed by atoms with E-state index in [0.717, 1.165) is 39.0 Å². The van der Waals surface area contributed by atoms with Crippen LogP contribution in [0.15, 0.2) is 0 Å². The van der Waals surface area contributed by atoms with E-state index in [-0.39, 0.29) is 5.91 Å².